The Balaban J connectivity index is 1.74. The molecule has 1 heterocycles. The Hall–Kier alpha value is -1.19. The van der Waals surface area contributed by atoms with Gasteiger partial charge in [-0.1, -0.05) is 0 Å². The van der Waals surface area contributed by atoms with Crippen molar-refractivity contribution in [2.75, 3.05) is 0 Å². The van der Waals surface area contributed by atoms with Gasteiger partial charge in [0.25, 0.3) is 0 Å². The molecule has 5 heteroatoms. The molecule has 0 aliphatic heterocycles. The van der Waals surface area contributed by atoms with E-state index in [0.29, 0.717) is 11.6 Å². The SMILES string of the molecule is O=C(NC1CCCCC1)c1ccc2n[se]nc2c1. The van der Waals surface area contributed by atoms with E-state index in [1.807, 2.05) is 18.2 Å². The first kappa shape index (κ1) is 11.9. The molecule has 0 saturated heterocycles. The Morgan fingerprint density at radius 1 is 1.17 bits per heavy atom. The fourth-order valence-electron chi connectivity index (χ4n) is 2.44. The van der Waals surface area contributed by atoms with Crippen molar-refractivity contribution < 1.29 is 4.79 Å². The summed E-state index contributed by atoms with van der Waals surface area (Å²) < 4.78 is 8.58. The van der Waals surface area contributed by atoms with Gasteiger partial charge in [0, 0.05) is 0 Å². The summed E-state index contributed by atoms with van der Waals surface area (Å²) in [5, 5.41) is 3.12. The molecule has 1 N–H and O–H groups in total. The molecular formula is C13H15N3OSe. The van der Waals surface area contributed by atoms with Crippen LogP contribution < -0.4 is 5.32 Å². The average molecular weight is 308 g/mol. The number of nitrogens with one attached hydrogen (secondary N) is 1. The fourth-order valence-corrected chi connectivity index (χ4v) is 3.52. The molecule has 3 rings (SSSR count). The van der Waals surface area contributed by atoms with Gasteiger partial charge in [0.05, 0.1) is 0 Å². The number of benzene rings is 1. The van der Waals surface area contributed by atoms with Crippen molar-refractivity contribution in [1.82, 2.24) is 13.3 Å². The molecule has 4 nitrogen and oxygen atoms in total. The van der Waals surface area contributed by atoms with Crippen molar-refractivity contribution in [3.63, 3.8) is 0 Å². The number of carbonyl (C=O) groups is 1. The molecule has 1 saturated carbocycles. The van der Waals surface area contributed by atoms with Gasteiger partial charge in [-0.15, -0.1) is 0 Å². The van der Waals surface area contributed by atoms with Crippen molar-refractivity contribution in [2.45, 2.75) is 38.1 Å². The van der Waals surface area contributed by atoms with Crippen LogP contribution in [0.5, 0.6) is 0 Å². The number of fused-ring (bicyclic) bond motifs is 1. The number of hydrogen-bond acceptors (Lipinski definition) is 3. The minimum absolute atomic E-state index is 0.0270. The molecule has 0 spiro atoms. The molecule has 94 valence electrons. The maximum absolute atomic E-state index is 12.1. The van der Waals surface area contributed by atoms with Crippen LogP contribution in [0, 0.1) is 0 Å². The van der Waals surface area contributed by atoms with E-state index >= 15 is 0 Å². The molecule has 1 fully saturated rings. The topological polar surface area (TPSA) is 54.9 Å². The summed E-state index contributed by atoms with van der Waals surface area (Å²) in [5.74, 6) is 0.0271. The van der Waals surface area contributed by atoms with Gasteiger partial charge in [0.15, 0.2) is 0 Å². The van der Waals surface area contributed by atoms with Crippen molar-refractivity contribution >= 4 is 31.9 Å². The van der Waals surface area contributed by atoms with Gasteiger partial charge in [-0.2, -0.15) is 0 Å². The molecule has 0 radical (unpaired) electrons. The minimum atomic E-state index is -0.0270. The number of hydrogen-bond donors (Lipinski definition) is 1. The predicted octanol–water partition coefficient (Wildman–Crippen LogP) is 1.75. The number of rotatable bonds is 2. The maximum atomic E-state index is 12.1. The number of nitrogens with zero attached hydrogens (tertiary/aromatic N) is 2. The Bertz CT molecular complexity index is 560. The Morgan fingerprint density at radius 2 is 1.94 bits per heavy atom. The molecule has 0 atom stereocenters. The van der Waals surface area contributed by atoms with Crippen molar-refractivity contribution in [1.29, 1.82) is 0 Å². The quantitative estimate of drug-likeness (QED) is 0.860. The third-order valence-electron chi connectivity index (χ3n) is 3.46. The molecule has 1 aromatic carbocycles. The molecular weight excluding hydrogens is 293 g/mol. The molecule has 0 bridgehead atoms. The van der Waals surface area contributed by atoms with Crippen LogP contribution in [0.1, 0.15) is 42.5 Å². The van der Waals surface area contributed by atoms with E-state index in [-0.39, 0.29) is 20.9 Å². The van der Waals surface area contributed by atoms with Gasteiger partial charge in [0.1, 0.15) is 0 Å². The number of amides is 1. The summed E-state index contributed by atoms with van der Waals surface area (Å²) in [4.78, 5) is 12.1. The zero-order chi connectivity index (χ0) is 12.4. The van der Waals surface area contributed by atoms with Crippen LogP contribution in [0.15, 0.2) is 18.2 Å². The normalized spacial score (nSPS) is 16.9. The first-order chi connectivity index (χ1) is 8.83. The van der Waals surface area contributed by atoms with E-state index < -0.39 is 0 Å². The predicted molar refractivity (Wildman–Crippen MR) is 70.8 cm³/mol. The van der Waals surface area contributed by atoms with Gasteiger partial charge >= 0.3 is 112 Å². The monoisotopic (exact) mass is 309 g/mol. The van der Waals surface area contributed by atoms with E-state index in [1.165, 1.54) is 19.3 Å². The van der Waals surface area contributed by atoms with Gasteiger partial charge < -0.3 is 0 Å². The van der Waals surface area contributed by atoms with E-state index in [1.54, 1.807) is 0 Å². The van der Waals surface area contributed by atoms with Crippen molar-refractivity contribution in [3.05, 3.63) is 23.8 Å². The zero-order valence-electron chi connectivity index (χ0n) is 10.1. The Kier molecular flexibility index (Phi) is 3.43. The molecule has 1 aromatic heterocycles. The van der Waals surface area contributed by atoms with Gasteiger partial charge in [-0.05, 0) is 0 Å². The zero-order valence-corrected chi connectivity index (χ0v) is 11.8. The second-order valence-corrected chi connectivity index (χ2v) is 5.88. The summed E-state index contributed by atoms with van der Waals surface area (Å²) in [5.41, 5.74) is 2.49. The standard InChI is InChI=1S/C13H15N3OSe/c17-13(14-10-4-2-1-3-5-10)9-6-7-11-12(8-9)16-18-15-11/h6-8,10H,1-5H2,(H,14,17). The van der Waals surface area contributed by atoms with Gasteiger partial charge in [-0.3, -0.25) is 0 Å². The summed E-state index contributed by atoms with van der Waals surface area (Å²) in [7, 11) is 0. The molecule has 18 heavy (non-hydrogen) atoms. The summed E-state index contributed by atoms with van der Waals surface area (Å²) in [6.45, 7) is 0. The van der Waals surface area contributed by atoms with Crippen LogP contribution in [-0.2, 0) is 0 Å². The van der Waals surface area contributed by atoms with E-state index in [4.69, 9.17) is 0 Å². The summed E-state index contributed by atoms with van der Waals surface area (Å²) >= 11 is -0.0270. The third kappa shape index (κ3) is 2.47. The molecule has 1 aliphatic rings. The summed E-state index contributed by atoms with van der Waals surface area (Å²) in [6.07, 6.45) is 5.98. The van der Waals surface area contributed by atoms with Crippen molar-refractivity contribution in [3.8, 4) is 0 Å². The van der Waals surface area contributed by atoms with E-state index in [0.717, 1.165) is 23.9 Å². The first-order valence-corrected chi connectivity index (χ1v) is 7.89. The number of carbonyl (C=O) groups excluding carboxylic acids is 1. The van der Waals surface area contributed by atoms with E-state index in [2.05, 4.69) is 13.3 Å². The molecule has 0 unspecified atom stereocenters. The third-order valence-corrected chi connectivity index (χ3v) is 4.62. The van der Waals surface area contributed by atoms with E-state index in [9.17, 15) is 4.79 Å². The van der Waals surface area contributed by atoms with Crippen LogP contribution in [0.2, 0.25) is 0 Å². The fraction of sp³-hybridized carbons (Fsp3) is 0.462. The molecule has 1 amide bonds. The first-order valence-electron chi connectivity index (χ1n) is 6.36. The van der Waals surface area contributed by atoms with Crippen molar-refractivity contribution in [2.24, 2.45) is 0 Å². The average Bonchev–Trinajstić information content (AvgIpc) is 2.87. The van der Waals surface area contributed by atoms with Gasteiger partial charge in [-0.25, -0.2) is 0 Å². The number of aromatic nitrogens is 2. The van der Waals surface area contributed by atoms with Crippen LogP contribution >= 0.6 is 0 Å². The summed E-state index contributed by atoms with van der Waals surface area (Å²) in [6, 6.07) is 5.94. The van der Waals surface area contributed by atoms with Crippen LogP contribution in [0.25, 0.3) is 11.0 Å². The molecule has 2 aromatic rings. The Labute approximate surface area is 112 Å². The second kappa shape index (κ2) is 5.21. The molecule has 1 aliphatic carbocycles. The van der Waals surface area contributed by atoms with Crippen LogP contribution in [0.4, 0.5) is 0 Å². The second-order valence-electron chi connectivity index (χ2n) is 4.78. The van der Waals surface area contributed by atoms with Gasteiger partial charge in [0.2, 0.25) is 0 Å². The Morgan fingerprint density at radius 3 is 2.78 bits per heavy atom. The van der Waals surface area contributed by atoms with Crippen LogP contribution in [0.3, 0.4) is 0 Å². The van der Waals surface area contributed by atoms with Crippen LogP contribution in [-0.4, -0.2) is 34.9 Å².